The van der Waals surface area contributed by atoms with Gasteiger partial charge in [-0.05, 0) is 84.4 Å². The molecule has 0 N–H and O–H groups in total. The lowest BCUT2D eigenvalue weighted by Crippen LogP contribution is -2.01. The highest BCUT2D eigenvalue weighted by molar-refractivity contribution is 6.22. The van der Waals surface area contributed by atoms with Crippen LogP contribution in [0.5, 0.6) is 0 Å². The molecule has 0 saturated heterocycles. The van der Waals surface area contributed by atoms with Crippen molar-refractivity contribution < 1.29 is 4.42 Å². The number of fused-ring (bicyclic) bond motifs is 8. The third kappa shape index (κ3) is 4.49. The number of rotatable bonds is 4. The molecule has 0 fully saturated rings. The topological polar surface area (TPSA) is 51.8 Å². The Labute approximate surface area is 316 Å². The van der Waals surface area contributed by atoms with Crippen LogP contribution in [0, 0.1) is 0 Å². The van der Waals surface area contributed by atoms with E-state index in [9.17, 15) is 0 Å². The number of hydrogen-bond donors (Lipinski definition) is 0. The van der Waals surface area contributed by atoms with Gasteiger partial charge in [-0.3, -0.25) is 0 Å². The summed E-state index contributed by atoms with van der Waals surface area (Å²) < 4.78 is 6.85. The van der Waals surface area contributed by atoms with Crippen LogP contribution in [0.15, 0.2) is 180 Å². The summed E-state index contributed by atoms with van der Waals surface area (Å²) in [5.74, 6) is 1.85. The summed E-state index contributed by atoms with van der Waals surface area (Å²) >= 11 is 0. The van der Waals surface area contributed by atoms with Crippen molar-refractivity contribution in [1.82, 2.24) is 15.0 Å². The minimum Gasteiger partial charge on any atom is -0.455 e. The van der Waals surface area contributed by atoms with E-state index in [1.807, 2.05) is 12.1 Å². The second-order valence-electron chi connectivity index (χ2n) is 14.3. The Hall–Kier alpha value is -7.43. The summed E-state index contributed by atoms with van der Waals surface area (Å²) in [6, 6.07) is 62.0. The molecule has 2 heterocycles. The lowest BCUT2D eigenvalue weighted by atomic mass is 9.92. The molecule has 0 amide bonds. The largest absolute Gasteiger partial charge is 0.455 e. The molecule has 2 aromatic heterocycles. The van der Waals surface area contributed by atoms with Gasteiger partial charge in [0.1, 0.15) is 11.2 Å². The zero-order chi connectivity index (χ0) is 36.0. The third-order valence-electron chi connectivity index (χ3n) is 11.3. The number of nitrogens with zero attached hydrogens (tertiary/aromatic N) is 3. The molecule has 55 heavy (non-hydrogen) atoms. The highest BCUT2D eigenvalue weighted by Gasteiger charge is 2.25. The van der Waals surface area contributed by atoms with Crippen molar-refractivity contribution >= 4 is 54.3 Å². The number of furan rings is 1. The monoisotopic (exact) mass is 699 g/mol. The number of para-hydroxylation sites is 1. The van der Waals surface area contributed by atoms with Crippen LogP contribution >= 0.6 is 0 Å². The van der Waals surface area contributed by atoms with Crippen molar-refractivity contribution in [2.24, 2.45) is 0 Å². The van der Waals surface area contributed by atoms with E-state index >= 15 is 0 Å². The molecule has 9 aromatic carbocycles. The SMILES string of the molecule is c1ccc2c(c1)-c1cccc3c(-c4ccc(-c5nc(-c6ccc7ccccc7c6)nc(-c6cccc7ccccc67)n5)c5c4oc4ccccc45)ccc-2c13. The molecule has 0 spiro atoms. The van der Waals surface area contributed by atoms with Gasteiger partial charge in [0, 0.05) is 33.0 Å². The first-order valence-electron chi connectivity index (χ1n) is 18.6. The lowest BCUT2D eigenvalue weighted by Gasteiger charge is -2.13. The van der Waals surface area contributed by atoms with Crippen LogP contribution in [0.1, 0.15) is 0 Å². The summed E-state index contributed by atoms with van der Waals surface area (Å²) in [6.07, 6.45) is 0. The highest BCUT2D eigenvalue weighted by atomic mass is 16.3. The first-order chi connectivity index (χ1) is 27.3. The minimum atomic E-state index is 0.597. The van der Waals surface area contributed by atoms with Crippen molar-refractivity contribution in [2.45, 2.75) is 0 Å². The van der Waals surface area contributed by atoms with Crippen molar-refractivity contribution in [3.63, 3.8) is 0 Å². The first-order valence-corrected chi connectivity index (χ1v) is 18.6. The average molecular weight is 700 g/mol. The van der Waals surface area contributed by atoms with Gasteiger partial charge in [0.25, 0.3) is 0 Å². The molecule has 0 bridgehead atoms. The van der Waals surface area contributed by atoms with Gasteiger partial charge in [-0.15, -0.1) is 0 Å². The molecule has 0 atom stereocenters. The summed E-state index contributed by atoms with van der Waals surface area (Å²) in [5, 5.41) is 9.03. The zero-order valence-corrected chi connectivity index (χ0v) is 29.5. The molecule has 0 unspecified atom stereocenters. The van der Waals surface area contributed by atoms with Crippen LogP contribution in [0.3, 0.4) is 0 Å². The minimum absolute atomic E-state index is 0.597. The van der Waals surface area contributed by atoms with E-state index in [2.05, 4.69) is 164 Å². The number of aromatic nitrogens is 3. The maximum atomic E-state index is 6.85. The van der Waals surface area contributed by atoms with Crippen LogP contribution < -0.4 is 0 Å². The normalized spacial score (nSPS) is 12.0. The van der Waals surface area contributed by atoms with E-state index in [-0.39, 0.29) is 0 Å². The molecule has 254 valence electrons. The van der Waals surface area contributed by atoms with Crippen molar-refractivity contribution in [2.75, 3.05) is 0 Å². The van der Waals surface area contributed by atoms with Gasteiger partial charge in [-0.25, -0.2) is 15.0 Å². The number of hydrogen-bond acceptors (Lipinski definition) is 4. The second kappa shape index (κ2) is 11.5. The van der Waals surface area contributed by atoms with Crippen molar-refractivity contribution in [1.29, 1.82) is 0 Å². The Morgan fingerprint density at radius 3 is 1.75 bits per heavy atom. The van der Waals surface area contributed by atoms with Gasteiger partial charge in [0.2, 0.25) is 0 Å². The predicted molar refractivity (Wildman–Crippen MR) is 226 cm³/mol. The zero-order valence-electron chi connectivity index (χ0n) is 29.5. The first kappa shape index (κ1) is 30.1. The number of benzene rings is 9. The fraction of sp³-hybridized carbons (Fsp3) is 0. The molecule has 4 nitrogen and oxygen atoms in total. The van der Waals surface area contributed by atoms with E-state index in [0.717, 1.165) is 65.9 Å². The van der Waals surface area contributed by atoms with E-state index in [0.29, 0.717) is 17.5 Å². The van der Waals surface area contributed by atoms with Crippen LogP contribution in [-0.2, 0) is 0 Å². The van der Waals surface area contributed by atoms with Gasteiger partial charge in [0.05, 0.1) is 0 Å². The lowest BCUT2D eigenvalue weighted by molar-refractivity contribution is 0.670. The van der Waals surface area contributed by atoms with Crippen LogP contribution in [0.25, 0.3) is 122 Å². The summed E-state index contributed by atoms with van der Waals surface area (Å²) in [6.45, 7) is 0. The van der Waals surface area contributed by atoms with Crippen LogP contribution in [-0.4, -0.2) is 15.0 Å². The Kier molecular flexibility index (Phi) is 6.31. The van der Waals surface area contributed by atoms with E-state index in [4.69, 9.17) is 19.4 Å². The third-order valence-corrected chi connectivity index (χ3v) is 11.3. The summed E-state index contributed by atoms with van der Waals surface area (Å²) in [5.41, 5.74) is 11.7. The molecule has 0 aliphatic heterocycles. The Morgan fingerprint density at radius 2 is 0.873 bits per heavy atom. The van der Waals surface area contributed by atoms with Gasteiger partial charge in [0.15, 0.2) is 17.5 Å². The van der Waals surface area contributed by atoms with E-state index in [1.54, 1.807) is 0 Å². The molecular weight excluding hydrogens is 671 g/mol. The Balaban J connectivity index is 1.13. The van der Waals surface area contributed by atoms with Crippen molar-refractivity contribution in [3.05, 3.63) is 176 Å². The maximum Gasteiger partial charge on any atom is 0.164 e. The van der Waals surface area contributed by atoms with E-state index in [1.165, 1.54) is 38.4 Å². The van der Waals surface area contributed by atoms with Crippen molar-refractivity contribution in [3.8, 4) is 67.5 Å². The van der Waals surface area contributed by atoms with Crippen LogP contribution in [0.2, 0.25) is 0 Å². The Morgan fingerprint density at radius 1 is 0.309 bits per heavy atom. The smallest absolute Gasteiger partial charge is 0.164 e. The average Bonchev–Trinajstić information content (AvgIpc) is 3.80. The van der Waals surface area contributed by atoms with Gasteiger partial charge in [-0.1, -0.05) is 152 Å². The fourth-order valence-electron chi connectivity index (χ4n) is 8.76. The molecule has 0 radical (unpaired) electrons. The molecule has 12 rings (SSSR count). The fourth-order valence-corrected chi connectivity index (χ4v) is 8.76. The molecule has 4 heteroatoms. The van der Waals surface area contributed by atoms with E-state index < -0.39 is 0 Å². The van der Waals surface area contributed by atoms with Crippen LogP contribution in [0.4, 0.5) is 0 Å². The molecule has 1 aliphatic rings. The molecular formula is C51H29N3O. The van der Waals surface area contributed by atoms with Gasteiger partial charge >= 0.3 is 0 Å². The maximum absolute atomic E-state index is 6.85. The standard InChI is InChI=1S/C51H29N3O/c1-2-13-32-29-33(24-23-30(32)11-1)49-52-50(42-21-9-14-31-12-3-4-15-34(31)42)54-51(53-49)44-28-27-41(48-47(44)43-18-7-8-22-45(43)55-48)37-25-26-40-36-17-6-5-16-35(36)38-19-10-20-39(37)46(38)40/h1-29H. The summed E-state index contributed by atoms with van der Waals surface area (Å²) in [4.78, 5) is 15.7. The quantitative estimate of drug-likeness (QED) is 0.183. The second-order valence-corrected chi connectivity index (χ2v) is 14.3. The predicted octanol–water partition coefficient (Wildman–Crippen LogP) is 13.5. The molecule has 11 aromatic rings. The highest BCUT2D eigenvalue weighted by Crippen LogP contribution is 2.51. The molecule has 0 saturated carbocycles. The Bertz CT molecular complexity index is 3360. The van der Waals surface area contributed by atoms with Gasteiger partial charge in [-0.2, -0.15) is 0 Å². The molecule has 1 aliphatic carbocycles. The van der Waals surface area contributed by atoms with Gasteiger partial charge < -0.3 is 4.42 Å². The summed E-state index contributed by atoms with van der Waals surface area (Å²) in [7, 11) is 0.